The Kier molecular flexibility index (Phi) is 4.15. The van der Waals surface area contributed by atoms with Crippen molar-refractivity contribution in [2.75, 3.05) is 7.11 Å². The lowest BCUT2D eigenvalue weighted by atomic mass is 9.96. The Labute approximate surface area is 116 Å². The quantitative estimate of drug-likeness (QED) is 0.684. The number of carbonyl (C=O) groups is 2. The first-order valence-electron chi connectivity index (χ1n) is 6.10. The maximum atomic E-state index is 12.4. The first kappa shape index (κ1) is 13.8. The van der Waals surface area contributed by atoms with Gasteiger partial charge in [-0.05, 0) is 23.8 Å². The Bertz CT molecular complexity index is 632. The molecule has 2 aromatic carbocycles. The van der Waals surface area contributed by atoms with E-state index in [1.165, 1.54) is 25.3 Å². The molecule has 20 heavy (non-hydrogen) atoms. The Morgan fingerprint density at radius 2 is 1.80 bits per heavy atom. The molecule has 0 saturated carbocycles. The molecule has 0 aromatic heterocycles. The average Bonchev–Trinajstić information content (AvgIpc) is 2.47. The second-order valence-corrected chi connectivity index (χ2v) is 4.29. The summed E-state index contributed by atoms with van der Waals surface area (Å²) in [4.78, 5) is 23.8. The van der Waals surface area contributed by atoms with Gasteiger partial charge in [0, 0.05) is 11.1 Å². The lowest BCUT2D eigenvalue weighted by molar-refractivity contribution is -0.139. The Morgan fingerprint density at radius 1 is 1.10 bits per heavy atom. The van der Waals surface area contributed by atoms with Crippen molar-refractivity contribution in [2.24, 2.45) is 0 Å². The molecule has 0 aliphatic heterocycles. The van der Waals surface area contributed by atoms with Crippen LogP contribution >= 0.6 is 0 Å². The van der Waals surface area contributed by atoms with E-state index in [9.17, 15) is 14.7 Å². The molecular weight excluding hydrogens is 256 g/mol. The van der Waals surface area contributed by atoms with Gasteiger partial charge in [-0.25, -0.2) is 0 Å². The van der Waals surface area contributed by atoms with Crippen LogP contribution in [-0.4, -0.2) is 24.0 Å². The zero-order chi connectivity index (χ0) is 14.5. The molecule has 0 radical (unpaired) electrons. The molecule has 4 heteroatoms. The predicted molar refractivity (Wildman–Crippen MR) is 73.7 cm³/mol. The van der Waals surface area contributed by atoms with Gasteiger partial charge in [0.15, 0.2) is 5.78 Å². The third-order valence-electron chi connectivity index (χ3n) is 2.93. The van der Waals surface area contributed by atoms with Crippen LogP contribution in [0.3, 0.4) is 0 Å². The fourth-order valence-electron chi connectivity index (χ4n) is 1.92. The van der Waals surface area contributed by atoms with Crippen LogP contribution in [0, 0.1) is 0 Å². The summed E-state index contributed by atoms with van der Waals surface area (Å²) in [7, 11) is 1.28. The van der Waals surface area contributed by atoms with Gasteiger partial charge in [-0.1, -0.05) is 30.3 Å². The van der Waals surface area contributed by atoms with E-state index in [0.29, 0.717) is 16.7 Å². The van der Waals surface area contributed by atoms with Gasteiger partial charge in [0.25, 0.3) is 0 Å². The highest BCUT2D eigenvalue weighted by Gasteiger charge is 2.16. The van der Waals surface area contributed by atoms with Gasteiger partial charge in [-0.2, -0.15) is 0 Å². The lowest BCUT2D eigenvalue weighted by Crippen LogP contribution is -2.10. The predicted octanol–water partition coefficient (Wildman–Crippen LogP) is 2.34. The normalized spacial score (nSPS) is 10.1. The highest BCUT2D eigenvalue weighted by Crippen LogP contribution is 2.20. The Balaban J connectivity index is 2.40. The van der Waals surface area contributed by atoms with Crippen molar-refractivity contribution >= 4 is 11.8 Å². The van der Waals surface area contributed by atoms with Crippen molar-refractivity contribution < 1.29 is 19.4 Å². The zero-order valence-corrected chi connectivity index (χ0v) is 11.0. The molecule has 0 aliphatic rings. The van der Waals surface area contributed by atoms with Crippen LogP contribution in [0.25, 0.3) is 0 Å². The molecular formula is C16H14O4. The number of rotatable bonds is 4. The Morgan fingerprint density at radius 3 is 2.45 bits per heavy atom. The molecule has 0 fully saturated rings. The molecule has 0 unspecified atom stereocenters. The van der Waals surface area contributed by atoms with Crippen LogP contribution in [0.5, 0.6) is 5.75 Å². The van der Waals surface area contributed by atoms with Crippen LogP contribution in [0.15, 0.2) is 48.5 Å². The Hall–Kier alpha value is -2.62. The first-order valence-corrected chi connectivity index (χ1v) is 6.10. The van der Waals surface area contributed by atoms with Crippen molar-refractivity contribution in [3.8, 4) is 5.75 Å². The number of phenolic OH excluding ortho intramolecular Hbond substituents is 1. The van der Waals surface area contributed by atoms with Crippen LogP contribution in [0.2, 0.25) is 0 Å². The molecule has 102 valence electrons. The van der Waals surface area contributed by atoms with Crippen LogP contribution < -0.4 is 0 Å². The zero-order valence-electron chi connectivity index (χ0n) is 11.0. The van der Waals surface area contributed by atoms with Gasteiger partial charge in [0.2, 0.25) is 0 Å². The van der Waals surface area contributed by atoms with E-state index in [-0.39, 0.29) is 18.0 Å². The number of ether oxygens (including phenoxy) is 1. The van der Waals surface area contributed by atoms with Crippen LogP contribution in [0.4, 0.5) is 0 Å². The summed E-state index contributed by atoms with van der Waals surface area (Å²) in [5, 5.41) is 9.51. The maximum absolute atomic E-state index is 12.4. The van der Waals surface area contributed by atoms with Crippen LogP contribution in [0.1, 0.15) is 21.5 Å². The number of esters is 1. The summed E-state index contributed by atoms with van der Waals surface area (Å²) in [5.41, 5.74) is 1.37. The highest BCUT2D eigenvalue weighted by molar-refractivity contribution is 6.10. The number of methoxy groups -OCH3 is 1. The van der Waals surface area contributed by atoms with E-state index in [2.05, 4.69) is 4.74 Å². The second-order valence-electron chi connectivity index (χ2n) is 4.29. The summed E-state index contributed by atoms with van der Waals surface area (Å²) in [5.74, 6) is -0.643. The minimum absolute atomic E-state index is 0.00788. The molecule has 1 N–H and O–H groups in total. The minimum Gasteiger partial charge on any atom is -0.508 e. The third-order valence-corrected chi connectivity index (χ3v) is 2.93. The number of ketones is 1. The number of hydrogen-bond acceptors (Lipinski definition) is 4. The molecule has 0 amide bonds. The fraction of sp³-hybridized carbons (Fsp3) is 0.125. The van der Waals surface area contributed by atoms with Gasteiger partial charge in [0.05, 0.1) is 13.5 Å². The van der Waals surface area contributed by atoms with E-state index in [1.807, 2.05) is 6.07 Å². The number of carbonyl (C=O) groups excluding carboxylic acids is 2. The monoisotopic (exact) mass is 270 g/mol. The van der Waals surface area contributed by atoms with E-state index in [4.69, 9.17) is 0 Å². The van der Waals surface area contributed by atoms with Gasteiger partial charge in [0.1, 0.15) is 5.75 Å². The van der Waals surface area contributed by atoms with E-state index >= 15 is 0 Å². The third kappa shape index (κ3) is 3.03. The molecule has 0 saturated heterocycles. The van der Waals surface area contributed by atoms with Crippen LogP contribution in [-0.2, 0) is 16.0 Å². The lowest BCUT2D eigenvalue weighted by Gasteiger charge is -2.08. The number of benzene rings is 2. The molecule has 0 aliphatic carbocycles. The van der Waals surface area contributed by atoms with Gasteiger partial charge in [-0.3, -0.25) is 9.59 Å². The van der Waals surface area contributed by atoms with Gasteiger partial charge in [-0.15, -0.1) is 0 Å². The SMILES string of the molecule is COC(=O)Cc1cc(O)ccc1C(=O)c1ccccc1. The number of phenols is 1. The highest BCUT2D eigenvalue weighted by atomic mass is 16.5. The standard InChI is InChI=1S/C16H14O4/c1-20-15(18)10-12-9-13(17)7-8-14(12)16(19)11-5-3-2-4-6-11/h2-9,17H,10H2,1H3. The fourth-order valence-corrected chi connectivity index (χ4v) is 1.92. The van der Waals surface area contributed by atoms with Crippen molar-refractivity contribution in [1.29, 1.82) is 0 Å². The largest absolute Gasteiger partial charge is 0.508 e. The van der Waals surface area contributed by atoms with E-state index in [1.54, 1.807) is 24.3 Å². The molecule has 0 heterocycles. The number of aromatic hydroxyl groups is 1. The molecule has 0 spiro atoms. The summed E-state index contributed by atoms with van der Waals surface area (Å²) < 4.78 is 4.60. The molecule has 4 nitrogen and oxygen atoms in total. The summed E-state index contributed by atoms with van der Waals surface area (Å²) >= 11 is 0. The molecule has 2 aromatic rings. The first-order chi connectivity index (χ1) is 9.61. The maximum Gasteiger partial charge on any atom is 0.310 e. The number of hydrogen-bond donors (Lipinski definition) is 1. The van der Waals surface area contributed by atoms with E-state index in [0.717, 1.165) is 0 Å². The summed E-state index contributed by atoms with van der Waals surface area (Å²) in [6.45, 7) is 0. The van der Waals surface area contributed by atoms with Gasteiger partial charge >= 0.3 is 5.97 Å². The van der Waals surface area contributed by atoms with Gasteiger partial charge < -0.3 is 9.84 Å². The van der Waals surface area contributed by atoms with Crippen molar-refractivity contribution in [3.05, 3.63) is 65.2 Å². The minimum atomic E-state index is -0.460. The summed E-state index contributed by atoms with van der Waals surface area (Å²) in [6, 6.07) is 13.1. The molecule has 0 atom stereocenters. The average molecular weight is 270 g/mol. The molecule has 0 bridgehead atoms. The molecule has 2 rings (SSSR count). The van der Waals surface area contributed by atoms with E-state index < -0.39 is 5.97 Å². The topological polar surface area (TPSA) is 63.6 Å². The van der Waals surface area contributed by atoms with Crippen molar-refractivity contribution in [1.82, 2.24) is 0 Å². The second kappa shape index (κ2) is 6.02. The van der Waals surface area contributed by atoms with Crippen molar-refractivity contribution in [3.63, 3.8) is 0 Å². The smallest absolute Gasteiger partial charge is 0.310 e. The summed E-state index contributed by atoms with van der Waals surface area (Å²) in [6.07, 6.45) is -0.0567. The van der Waals surface area contributed by atoms with Crippen molar-refractivity contribution in [2.45, 2.75) is 6.42 Å².